The van der Waals surface area contributed by atoms with Crippen molar-refractivity contribution in [1.82, 2.24) is 0 Å². The minimum atomic E-state index is -0.702. The number of aliphatic hydroxyl groups is 1. The molecule has 2 fully saturated rings. The molecule has 2 saturated heterocycles. The summed E-state index contributed by atoms with van der Waals surface area (Å²) in [7, 11) is 0. The number of hydrogen-bond acceptors (Lipinski definition) is 4. The molecule has 1 N–H and O–H groups in total. The number of anilines is 2. The molecular formula is C28H26N2O3. The van der Waals surface area contributed by atoms with Crippen molar-refractivity contribution in [1.29, 1.82) is 0 Å². The van der Waals surface area contributed by atoms with E-state index in [1.165, 1.54) is 24.2 Å². The van der Waals surface area contributed by atoms with E-state index in [1.54, 1.807) is 24.3 Å². The van der Waals surface area contributed by atoms with Gasteiger partial charge < -0.3 is 10.0 Å². The number of carbonyl (C=O) groups excluding carboxylic acids is 2. The number of benzene rings is 3. The second-order valence-corrected chi connectivity index (χ2v) is 8.51. The predicted molar refractivity (Wildman–Crippen MR) is 130 cm³/mol. The minimum absolute atomic E-state index is 0.109. The molecule has 5 rings (SSSR count). The first-order chi connectivity index (χ1) is 16.1. The average molecular weight is 439 g/mol. The van der Waals surface area contributed by atoms with Gasteiger partial charge in [0.1, 0.15) is 5.76 Å². The zero-order chi connectivity index (χ0) is 22.8. The topological polar surface area (TPSA) is 60.9 Å². The van der Waals surface area contributed by atoms with Crippen molar-refractivity contribution in [3.05, 3.63) is 102 Å². The van der Waals surface area contributed by atoms with Crippen LogP contribution >= 0.6 is 0 Å². The third kappa shape index (κ3) is 3.91. The molecule has 3 aromatic rings. The third-order valence-electron chi connectivity index (χ3n) is 6.46. The van der Waals surface area contributed by atoms with Crippen LogP contribution in [-0.4, -0.2) is 29.9 Å². The summed E-state index contributed by atoms with van der Waals surface area (Å²) in [5, 5.41) is 11.1. The Hall–Kier alpha value is -3.86. The van der Waals surface area contributed by atoms with Gasteiger partial charge >= 0.3 is 0 Å². The molecule has 5 heteroatoms. The lowest BCUT2D eigenvalue weighted by Crippen LogP contribution is -2.30. The molecule has 5 nitrogen and oxygen atoms in total. The molecule has 2 heterocycles. The Kier molecular flexibility index (Phi) is 5.69. The van der Waals surface area contributed by atoms with Crippen LogP contribution in [0.1, 0.15) is 36.4 Å². The number of ketones is 1. The van der Waals surface area contributed by atoms with Gasteiger partial charge in [0.05, 0.1) is 11.6 Å². The van der Waals surface area contributed by atoms with Gasteiger partial charge in [-0.25, -0.2) is 0 Å². The number of piperidine rings is 1. The lowest BCUT2D eigenvalue weighted by atomic mass is 9.95. The number of rotatable bonds is 4. The molecule has 0 saturated carbocycles. The lowest BCUT2D eigenvalue weighted by Gasteiger charge is -2.30. The van der Waals surface area contributed by atoms with Crippen molar-refractivity contribution < 1.29 is 14.7 Å². The molecule has 1 atom stereocenters. The highest BCUT2D eigenvalue weighted by atomic mass is 16.3. The Balaban J connectivity index is 1.59. The Bertz CT molecular complexity index is 1180. The molecule has 33 heavy (non-hydrogen) atoms. The summed E-state index contributed by atoms with van der Waals surface area (Å²) in [5.41, 5.74) is 3.15. The third-order valence-corrected chi connectivity index (χ3v) is 6.46. The summed E-state index contributed by atoms with van der Waals surface area (Å²) in [6, 6.07) is 25.4. The number of Topliss-reactive ketones (excluding diaryl/α,β-unsaturated/α-hetero) is 1. The van der Waals surface area contributed by atoms with Crippen molar-refractivity contribution in [3.8, 4) is 0 Å². The fraction of sp³-hybridized carbons (Fsp3) is 0.214. The second kappa shape index (κ2) is 8.94. The Labute approximate surface area is 193 Å². The molecule has 166 valence electrons. The van der Waals surface area contributed by atoms with Crippen LogP contribution in [0.3, 0.4) is 0 Å². The molecule has 1 amide bonds. The van der Waals surface area contributed by atoms with Crippen LogP contribution in [0.4, 0.5) is 11.4 Å². The van der Waals surface area contributed by atoms with Crippen LogP contribution in [0, 0.1) is 0 Å². The summed E-state index contributed by atoms with van der Waals surface area (Å²) >= 11 is 0. The van der Waals surface area contributed by atoms with Crippen molar-refractivity contribution in [2.24, 2.45) is 0 Å². The predicted octanol–water partition coefficient (Wildman–Crippen LogP) is 5.30. The van der Waals surface area contributed by atoms with E-state index in [1.807, 2.05) is 60.7 Å². The largest absolute Gasteiger partial charge is 0.507 e. The summed E-state index contributed by atoms with van der Waals surface area (Å²) in [6.45, 7) is 2.07. The number of nitrogens with zero attached hydrogens (tertiary/aromatic N) is 2. The first-order valence-electron chi connectivity index (χ1n) is 11.4. The highest BCUT2D eigenvalue weighted by Crippen LogP contribution is 2.42. The molecule has 0 aliphatic carbocycles. The van der Waals surface area contributed by atoms with E-state index >= 15 is 0 Å². The number of hydrogen-bond donors (Lipinski definition) is 1. The SMILES string of the molecule is O=C1C(=O)N(c2ccc(N3CCCCC3)cc2)C(c2ccccc2)/C1=C(\O)c1ccccc1. The van der Waals surface area contributed by atoms with Crippen LogP contribution in [0.2, 0.25) is 0 Å². The Morgan fingerprint density at radius 1 is 0.727 bits per heavy atom. The highest BCUT2D eigenvalue weighted by molar-refractivity contribution is 6.51. The van der Waals surface area contributed by atoms with E-state index in [0.717, 1.165) is 24.3 Å². The number of carbonyl (C=O) groups is 2. The van der Waals surface area contributed by atoms with Crippen molar-refractivity contribution in [3.63, 3.8) is 0 Å². The maximum Gasteiger partial charge on any atom is 0.300 e. The lowest BCUT2D eigenvalue weighted by molar-refractivity contribution is -0.132. The van der Waals surface area contributed by atoms with Gasteiger partial charge in [-0.1, -0.05) is 60.7 Å². The van der Waals surface area contributed by atoms with Crippen molar-refractivity contribution in [2.75, 3.05) is 22.9 Å². The van der Waals surface area contributed by atoms with Crippen LogP contribution in [-0.2, 0) is 9.59 Å². The highest BCUT2D eigenvalue weighted by Gasteiger charge is 2.46. The van der Waals surface area contributed by atoms with E-state index in [9.17, 15) is 14.7 Å². The van der Waals surface area contributed by atoms with Gasteiger partial charge in [-0.05, 0) is 49.1 Å². The summed E-state index contributed by atoms with van der Waals surface area (Å²) in [5.74, 6) is -1.47. The molecule has 0 radical (unpaired) electrons. The monoisotopic (exact) mass is 438 g/mol. The molecule has 3 aromatic carbocycles. The first kappa shape index (κ1) is 21.0. The molecule has 0 bridgehead atoms. The average Bonchev–Trinajstić information content (AvgIpc) is 3.15. The zero-order valence-electron chi connectivity index (χ0n) is 18.4. The fourth-order valence-electron chi connectivity index (χ4n) is 4.78. The summed E-state index contributed by atoms with van der Waals surface area (Å²) < 4.78 is 0. The number of aliphatic hydroxyl groups excluding tert-OH is 1. The van der Waals surface area contributed by atoms with Gasteiger partial charge in [-0.2, -0.15) is 0 Å². The van der Waals surface area contributed by atoms with Crippen LogP contribution in [0.5, 0.6) is 0 Å². The standard InChI is InChI=1S/C28H26N2O3/c31-26(21-12-6-2-7-13-21)24-25(20-10-4-1-5-11-20)30(28(33)27(24)32)23-16-14-22(15-17-23)29-18-8-3-9-19-29/h1-2,4-7,10-17,25,31H,3,8-9,18-19H2/b26-24+. The van der Waals surface area contributed by atoms with E-state index in [0.29, 0.717) is 11.3 Å². The molecule has 0 spiro atoms. The molecule has 0 aromatic heterocycles. The van der Waals surface area contributed by atoms with E-state index in [2.05, 4.69) is 4.90 Å². The quantitative estimate of drug-likeness (QED) is 0.341. The van der Waals surface area contributed by atoms with E-state index in [-0.39, 0.29) is 11.3 Å². The van der Waals surface area contributed by atoms with Crippen LogP contribution < -0.4 is 9.80 Å². The first-order valence-corrected chi connectivity index (χ1v) is 11.4. The molecular weight excluding hydrogens is 412 g/mol. The van der Waals surface area contributed by atoms with E-state index < -0.39 is 17.7 Å². The Morgan fingerprint density at radius 3 is 1.94 bits per heavy atom. The smallest absolute Gasteiger partial charge is 0.300 e. The van der Waals surface area contributed by atoms with Gasteiger partial charge in [0.25, 0.3) is 11.7 Å². The molecule has 2 aliphatic heterocycles. The van der Waals surface area contributed by atoms with Crippen molar-refractivity contribution in [2.45, 2.75) is 25.3 Å². The zero-order valence-corrected chi connectivity index (χ0v) is 18.4. The van der Waals surface area contributed by atoms with Crippen LogP contribution in [0.25, 0.3) is 5.76 Å². The minimum Gasteiger partial charge on any atom is -0.507 e. The maximum absolute atomic E-state index is 13.2. The van der Waals surface area contributed by atoms with Gasteiger partial charge in [0.15, 0.2) is 0 Å². The fourth-order valence-corrected chi connectivity index (χ4v) is 4.78. The normalized spacial score (nSPS) is 20.3. The van der Waals surface area contributed by atoms with Gasteiger partial charge in [-0.3, -0.25) is 14.5 Å². The summed E-state index contributed by atoms with van der Waals surface area (Å²) in [6.07, 6.45) is 3.63. The van der Waals surface area contributed by atoms with E-state index in [4.69, 9.17) is 0 Å². The maximum atomic E-state index is 13.2. The van der Waals surface area contributed by atoms with Gasteiger partial charge in [0.2, 0.25) is 0 Å². The van der Waals surface area contributed by atoms with Gasteiger partial charge in [-0.15, -0.1) is 0 Å². The van der Waals surface area contributed by atoms with Crippen LogP contribution in [0.15, 0.2) is 90.5 Å². The van der Waals surface area contributed by atoms with Crippen molar-refractivity contribution >= 4 is 28.8 Å². The molecule has 1 unspecified atom stereocenters. The van der Waals surface area contributed by atoms with Gasteiger partial charge in [0, 0.05) is 30.0 Å². The molecule has 2 aliphatic rings. The Morgan fingerprint density at radius 2 is 1.30 bits per heavy atom. The second-order valence-electron chi connectivity index (χ2n) is 8.51. The summed E-state index contributed by atoms with van der Waals surface area (Å²) in [4.78, 5) is 30.3. The number of amides is 1.